The summed E-state index contributed by atoms with van der Waals surface area (Å²) in [5.41, 5.74) is 1.85. The lowest BCUT2D eigenvalue weighted by Crippen LogP contribution is -1.87. The van der Waals surface area contributed by atoms with Gasteiger partial charge >= 0.3 is 0 Å². The van der Waals surface area contributed by atoms with Gasteiger partial charge in [-0.15, -0.1) is 0 Å². The van der Waals surface area contributed by atoms with Crippen LogP contribution in [0.1, 0.15) is 10.4 Å². The minimum Gasteiger partial charge on any atom is -0.332 e. The Bertz CT molecular complexity index is 443. The molecular weight excluding hydrogens is 178 g/mol. The van der Waals surface area contributed by atoms with Gasteiger partial charge in [0.25, 0.3) is 0 Å². The fourth-order valence-corrected chi connectivity index (χ4v) is 1.45. The predicted octanol–water partition coefficient (Wildman–Crippen LogP) is 1.37. The lowest BCUT2D eigenvalue weighted by Gasteiger charge is -1.90. The van der Waals surface area contributed by atoms with Gasteiger partial charge in [-0.25, -0.2) is 4.98 Å². The smallest absolute Gasteiger partial charge is 0.157 e. The number of rotatable bonds is 1. The van der Waals surface area contributed by atoms with Gasteiger partial charge in [0, 0.05) is 7.05 Å². The molecule has 0 aliphatic rings. The van der Waals surface area contributed by atoms with Crippen LogP contribution in [0.2, 0.25) is 5.15 Å². The van der Waals surface area contributed by atoms with Crippen LogP contribution in [0.25, 0.3) is 11.2 Å². The molecule has 2 rings (SSSR count). The number of carbonyl (C=O) groups is 1. The number of aldehydes is 1. The van der Waals surface area contributed by atoms with Gasteiger partial charge in [0.05, 0.1) is 17.4 Å². The summed E-state index contributed by atoms with van der Waals surface area (Å²) < 4.78 is 1.75. The maximum atomic E-state index is 10.6. The number of imidazole rings is 1. The first-order valence-electron chi connectivity index (χ1n) is 3.37. The Hall–Kier alpha value is -1.29. The molecule has 5 heteroatoms. The minimum atomic E-state index is 0.346. The summed E-state index contributed by atoms with van der Waals surface area (Å²) >= 11 is 5.74. The van der Waals surface area contributed by atoms with Crippen molar-refractivity contribution < 1.29 is 4.79 Å². The number of aromatic amines is 1. The summed E-state index contributed by atoms with van der Waals surface area (Å²) in [7, 11) is 1.81. The molecule has 0 aliphatic carbocycles. The Morgan fingerprint density at radius 1 is 1.75 bits per heavy atom. The van der Waals surface area contributed by atoms with E-state index in [2.05, 4.69) is 9.97 Å². The lowest BCUT2D eigenvalue weighted by atomic mass is 10.3. The number of hydrogen-bond donors (Lipinski definition) is 1. The highest BCUT2D eigenvalue weighted by Crippen LogP contribution is 2.22. The topological polar surface area (TPSA) is 50.7 Å². The van der Waals surface area contributed by atoms with Crippen LogP contribution in [-0.4, -0.2) is 20.8 Å². The van der Waals surface area contributed by atoms with Crippen molar-refractivity contribution in [3.05, 3.63) is 17.0 Å². The number of fused-ring (bicyclic) bond motifs is 1. The number of hydrogen-bond acceptors (Lipinski definition) is 2. The molecule has 0 aliphatic heterocycles. The number of nitrogens with zero attached hydrogens (tertiary/aromatic N) is 2. The number of aromatic nitrogens is 3. The Kier molecular flexibility index (Phi) is 1.44. The van der Waals surface area contributed by atoms with E-state index < -0.39 is 0 Å². The zero-order valence-corrected chi connectivity index (χ0v) is 7.09. The van der Waals surface area contributed by atoms with E-state index >= 15 is 0 Å². The molecule has 0 saturated heterocycles. The summed E-state index contributed by atoms with van der Waals surface area (Å²) in [6.45, 7) is 0. The maximum Gasteiger partial charge on any atom is 0.157 e. The predicted molar refractivity (Wildman–Crippen MR) is 45.5 cm³/mol. The molecule has 2 aromatic heterocycles. The molecule has 2 heterocycles. The van der Waals surface area contributed by atoms with E-state index in [0.29, 0.717) is 16.4 Å². The molecule has 0 unspecified atom stereocenters. The molecule has 2 aromatic rings. The van der Waals surface area contributed by atoms with E-state index in [1.807, 2.05) is 7.05 Å². The van der Waals surface area contributed by atoms with Gasteiger partial charge < -0.3 is 9.55 Å². The number of aryl methyl sites for hydroxylation is 1. The molecule has 0 saturated carbocycles. The van der Waals surface area contributed by atoms with Gasteiger partial charge in [0.15, 0.2) is 11.9 Å². The fraction of sp³-hybridized carbons (Fsp3) is 0.143. The molecule has 0 spiro atoms. The van der Waals surface area contributed by atoms with Crippen molar-refractivity contribution in [2.24, 2.45) is 7.05 Å². The molecule has 0 bridgehead atoms. The van der Waals surface area contributed by atoms with Crippen molar-refractivity contribution >= 4 is 29.1 Å². The zero-order chi connectivity index (χ0) is 8.72. The second kappa shape index (κ2) is 2.35. The summed E-state index contributed by atoms with van der Waals surface area (Å²) in [6.07, 6.45) is 2.35. The number of nitrogens with one attached hydrogen (secondary N) is 1. The van der Waals surface area contributed by atoms with Crippen LogP contribution in [0, 0.1) is 0 Å². The molecular formula is C7H6ClN3O. The summed E-state index contributed by atoms with van der Waals surface area (Å²) in [4.78, 5) is 17.4. The fourth-order valence-electron chi connectivity index (χ4n) is 1.22. The Labute approximate surface area is 73.2 Å². The SMILES string of the molecule is Cn1cnc2[nH]c(Cl)c(C=O)c21. The third kappa shape index (κ3) is 0.783. The Balaban J connectivity index is 2.93. The van der Waals surface area contributed by atoms with Gasteiger partial charge in [-0.05, 0) is 0 Å². The normalized spacial score (nSPS) is 10.8. The van der Waals surface area contributed by atoms with Crippen molar-refractivity contribution in [2.45, 2.75) is 0 Å². The van der Waals surface area contributed by atoms with Crippen LogP contribution in [0.5, 0.6) is 0 Å². The monoisotopic (exact) mass is 183 g/mol. The second-order valence-electron chi connectivity index (χ2n) is 2.52. The summed E-state index contributed by atoms with van der Waals surface area (Å²) in [5, 5.41) is 0.346. The second-order valence-corrected chi connectivity index (χ2v) is 2.90. The molecule has 12 heavy (non-hydrogen) atoms. The first-order chi connectivity index (χ1) is 5.74. The highest BCUT2D eigenvalue weighted by atomic mass is 35.5. The molecule has 62 valence electrons. The molecule has 4 nitrogen and oxygen atoms in total. The van der Waals surface area contributed by atoms with E-state index in [1.165, 1.54) is 0 Å². The quantitative estimate of drug-likeness (QED) is 0.679. The lowest BCUT2D eigenvalue weighted by molar-refractivity contribution is 0.112. The third-order valence-corrected chi connectivity index (χ3v) is 2.07. The third-order valence-electron chi connectivity index (χ3n) is 1.77. The summed E-state index contributed by atoms with van der Waals surface area (Å²) in [6, 6.07) is 0. The highest BCUT2D eigenvalue weighted by Gasteiger charge is 2.12. The van der Waals surface area contributed by atoms with Crippen molar-refractivity contribution in [2.75, 3.05) is 0 Å². The van der Waals surface area contributed by atoms with Crippen LogP contribution in [-0.2, 0) is 7.05 Å². The average Bonchev–Trinajstić information content (AvgIpc) is 2.52. The Morgan fingerprint density at radius 2 is 2.50 bits per heavy atom. The van der Waals surface area contributed by atoms with Crippen LogP contribution < -0.4 is 0 Å². The van der Waals surface area contributed by atoms with Crippen LogP contribution in [0.3, 0.4) is 0 Å². The van der Waals surface area contributed by atoms with Crippen LogP contribution >= 0.6 is 11.6 Å². The first-order valence-corrected chi connectivity index (χ1v) is 3.75. The standard InChI is InChI=1S/C7H6ClN3O/c1-11-3-9-7-5(11)4(2-12)6(8)10-7/h2-3,10H,1H3. The molecule has 0 aromatic carbocycles. The molecule has 0 fully saturated rings. The van der Waals surface area contributed by atoms with Crippen molar-refractivity contribution in [1.82, 2.24) is 14.5 Å². The summed E-state index contributed by atoms with van der Waals surface area (Å²) in [5.74, 6) is 0. The number of carbonyl (C=O) groups excluding carboxylic acids is 1. The van der Waals surface area contributed by atoms with Crippen molar-refractivity contribution in [1.29, 1.82) is 0 Å². The molecule has 0 radical (unpaired) electrons. The van der Waals surface area contributed by atoms with Crippen LogP contribution in [0.15, 0.2) is 6.33 Å². The highest BCUT2D eigenvalue weighted by molar-refractivity contribution is 6.33. The number of H-pyrrole nitrogens is 1. The van der Waals surface area contributed by atoms with E-state index in [1.54, 1.807) is 10.9 Å². The van der Waals surface area contributed by atoms with Gasteiger partial charge in [0.2, 0.25) is 0 Å². The Morgan fingerprint density at radius 3 is 3.17 bits per heavy atom. The van der Waals surface area contributed by atoms with Gasteiger partial charge in [-0.3, -0.25) is 4.79 Å². The van der Waals surface area contributed by atoms with Gasteiger partial charge in [-0.2, -0.15) is 0 Å². The van der Waals surface area contributed by atoms with E-state index in [0.717, 1.165) is 11.8 Å². The van der Waals surface area contributed by atoms with E-state index in [4.69, 9.17) is 11.6 Å². The largest absolute Gasteiger partial charge is 0.332 e. The maximum absolute atomic E-state index is 10.6. The minimum absolute atomic E-state index is 0.346. The molecule has 0 atom stereocenters. The van der Waals surface area contributed by atoms with Gasteiger partial charge in [-0.1, -0.05) is 11.6 Å². The van der Waals surface area contributed by atoms with Gasteiger partial charge in [0.1, 0.15) is 5.15 Å². The molecule has 0 amide bonds. The average molecular weight is 184 g/mol. The van der Waals surface area contributed by atoms with E-state index in [-0.39, 0.29) is 0 Å². The molecule has 1 N–H and O–H groups in total. The van der Waals surface area contributed by atoms with Crippen molar-refractivity contribution in [3.8, 4) is 0 Å². The van der Waals surface area contributed by atoms with E-state index in [9.17, 15) is 4.79 Å². The number of halogens is 1. The first kappa shape index (κ1) is 7.36. The van der Waals surface area contributed by atoms with Crippen molar-refractivity contribution in [3.63, 3.8) is 0 Å². The zero-order valence-electron chi connectivity index (χ0n) is 6.34. The van der Waals surface area contributed by atoms with Crippen LogP contribution in [0.4, 0.5) is 0 Å².